The zero-order valence-electron chi connectivity index (χ0n) is 8.66. The van der Waals surface area contributed by atoms with Crippen molar-refractivity contribution < 1.29 is 5.11 Å². The lowest BCUT2D eigenvalue weighted by Gasteiger charge is -2.12. The number of aromatic nitrogens is 2. The van der Waals surface area contributed by atoms with Crippen molar-refractivity contribution in [1.29, 1.82) is 0 Å². The Bertz CT molecular complexity index is 375. The third-order valence-electron chi connectivity index (χ3n) is 2.81. The molecule has 2 rings (SSSR count). The van der Waals surface area contributed by atoms with Crippen molar-refractivity contribution in [1.82, 2.24) is 10.2 Å². The van der Waals surface area contributed by atoms with Gasteiger partial charge in [-0.05, 0) is 25.2 Å². The van der Waals surface area contributed by atoms with Gasteiger partial charge >= 0.3 is 0 Å². The highest BCUT2D eigenvalue weighted by atomic mass is 35.5. The van der Waals surface area contributed by atoms with E-state index in [0.717, 1.165) is 25.8 Å². The van der Waals surface area contributed by atoms with Crippen LogP contribution in [0, 0.1) is 5.92 Å². The fraction of sp³-hybridized carbons (Fsp3) is 0.600. The zero-order chi connectivity index (χ0) is 11.5. The maximum atomic E-state index is 9.40. The van der Waals surface area contributed by atoms with E-state index in [0.29, 0.717) is 21.9 Å². The van der Waals surface area contributed by atoms with Gasteiger partial charge in [0.25, 0.3) is 0 Å². The first-order valence-corrected chi connectivity index (χ1v) is 6.01. The number of aliphatic hydroxyl groups excluding tert-OH is 1. The van der Waals surface area contributed by atoms with Crippen LogP contribution >= 0.6 is 23.2 Å². The predicted octanol–water partition coefficient (Wildman–Crippen LogP) is 2.36. The van der Waals surface area contributed by atoms with Crippen molar-refractivity contribution in [2.75, 3.05) is 11.9 Å². The summed E-state index contributed by atoms with van der Waals surface area (Å²) in [5, 5.41) is 20.6. The second-order valence-electron chi connectivity index (χ2n) is 4.09. The lowest BCUT2D eigenvalue weighted by Crippen LogP contribution is -2.13. The van der Waals surface area contributed by atoms with E-state index in [4.69, 9.17) is 23.2 Å². The maximum absolute atomic E-state index is 9.40. The van der Waals surface area contributed by atoms with E-state index >= 15 is 0 Å². The maximum Gasteiger partial charge on any atom is 0.174 e. The molecule has 0 saturated heterocycles. The largest absolute Gasteiger partial charge is 0.393 e. The number of rotatable bonds is 3. The van der Waals surface area contributed by atoms with Gasteiger partial charge in [0.15, 0.2) is 10.3 Å². The number of halogens is 2. The van der Waals surface area contributed by atoms with Crippen molar-refractivity contribution >= 4 is 28.9 Å². The summed E-state index contributed by atoms with van der Waals surface area (Å²) in [6, 6.07) is 1.66. The first-order chi connectivity index (χ1) is 7.65. The SMILES string of the molecule is OC1CCC(CNc2cc(Cl)nnc2Cl)C1. The lowest BCUT2D eigenvalue weighted by molar-refractivity contribution is 0.178. The summed E-state index contributed by atoms with van der Waals surface area (Å²) in [6.45, 7) is 0.777. The Morgan fingerprint density at radius 3 is 2.88 bits per heavy atom. The van der Waals surface area contributed by atoms with E-state index in [-0.39, 0.29) is 6.10 Å². The molecule has 1 heterocycles. The van der Waals surface area contributed by atoms with Crippen LogP contribution in [0.25, 0.3) is 0 Å². The van der Waals surface area contributed by atoms with Crippen LogP contribution in [-0.4, -0.2) is 28.0 Å². The van der Waals surface area contributed by atoms with Gasteiger partial charge in [0.1, 0.15) is 0 Å². The molecule has 2 unspecified atom stereocenters. The highest BCUT2D eigenvalue weighted by Crippen LogP contribution is 2.27. The number of aliphatic hydroxyl groups is 1. The molecule has 1 aliphatic rings. The highest BCUT2D eigenvalue weighted by Gasteiger charge is 2.22. The summed E-state index contributed by atoms with van der Waals surface area (Å²) in [7, 11) is 0. The molecule has 0 amide bonds. The first-order valence-electron chi connectivity index (χ1n) is 5.26. The van der Waals surface area contributed by atoms with Crippen LogP contribution in [0.3, 0.4) is 0 Å². The average molecular weight is 262 g/mol. The Hall–Kier alpha value is -0.580. The molecule has 16 heavy (non-hydrogen) atoms. The average Bonchev–Trinajstić information content (AvgIpc) is 2.66. The Morgan fingerprint density at radius 2 is 2.19 bits per heavy atom. The van der Waals surface area contributed by atoms with E-state index in [2.05, 4.69) is 15.5 Å². The normalized spacial score (nSPS) is 24.7. The molecule has 1 aliphatic carbocycles. The van der Waals surface area contributed by atoms with Gasteiger partial charge in [0, 0.05) is 12.6 Å². The Kier molecular flexibility index (Phi) is 3.84. The molecular formula is C10H13Cl2N3O. The molecule has 0 bridgehead atoms. The van der Waals surface area contributed by atoms with E-state index in [1.165, 1.54) is 0 Å². The topological polar surface area (TPSA) is 58.0 Å². The quantitative estimate of drug-likeness (QED) is 0.877. The van der Waals surface area contributed by atoms with Crippen molar-refractivity contribution in [3.63, 3.8) is 0 Å². The van der Waals surface area contributed by atoms with Crippen LogP contribution < -0.4 is 5.32 Å². The second kappa shape index (κ2) is 5.17. The minimum atomic E-state index is -0.151. The summed E-state index contributed by atoms with van der Waals surface area (Å²) in [5.41, 5.74) is 0.697. The first kappa shape index (κ1) is 11.9. The molecule has 1 aromatic heterocycles. The van der Waals surface area contributed by atoms with Gasteiger partial charge in [-0.3, -0.25) is 0 Å². The standard InChI is InChI=1S/C10H13Cl2N3O/c11-9-4-8(10(12)15-14-9)13-5-6-1-2-7(16)3-6/h4,6-7,16H,1-3,5H2,(H,13,14). The molecule has 0 aromatic carbocycles. The van der Waals surface area contributed by atoms with Crippen molar-refractivity contribution in [3.8, 4) is 0 Å². The molecule has 6 heteroatoms. The van der Waals surface area contributed by atoms with Gasteiger partial charge in [0.05, 0.1) is 11.8 Å². The van der Waals surface area contributed by atoms with Crippen molar-refractivity contribution in [3.05, 3.63) is 16.4 Å². The lowest BCUT2D eigenvalue weighted by atomic mass is 10.1. The molecule has 1 fully saturated rings. The summed E-state index contributed by atoms with van der Waals surface area (Å²) in [4.78, 5) is 0. The molecule has 1 aromatic rings. The molecule has 88 valence electrons. The van der Waals surface area contributed by atoms with Gasteiger partial charge in [0.2, 0.25) is 0 Å². The molecule has 0 spiro atoms. The third kappa shape index (κ3) is 2.97. The molecule has 1 saturated carbocycles. The van der Waals surface area contributed by atoms with E-state index < -0.39 is 0 Å². The fourth-order valence-corrected chi connectivity index (χ4v) is 2.27. The molecule has 0 radical (unpaired) electrons. The molecule has 0 aliphatic heterocycles. The van der Waals surface area contributed by atoms with Crippen LogP contribution in [0.2, 0.25) is 10.3 Å². The summed E-state index contributed by atoms with van der Waals surface area (Å²) < 4.78 is 0. The van der Waals surface area contributed by atoms with Crippen LogP contribution in [0.1, 0.15) is 19.3 Å². The van der Waals surface area contributed by atoms with Gasteiger partial charge in [-0.15, -0.1) is 10.2 Å². The fourth-order valence-electron chi connectivity index (χ4n) is 1.97. The van der Waals surface area contributed by atoms with Gasteiger partial charge in [-0.25, -0.2) is 0 Å². The molecular weight excluding hydrogens is 249 g/mol. The summed E-state index contributed by atoms with van der Waals surface area (Å²) in [6.07, 6.45) is 2.62. The number of nitrogens with one attached hydrogen (secondary N) is 1. The third-order valence-corrected chi connectivity index (χ3v) is 3.28. The van der Waals surface area contributed by atoms with Gasteiger partial charge in [-0.1, -0.05) is 23.2 Å². The Balaban J connectivity index is 1.91. The van der Waals surface area contributed by atoms with E-state index in [1.807, 2.05) is 0 Å². The van der Waals surface area contributed by atoms with E-state index in [9.17, 15) is 5.11 Å². The highest BCUT2D eigenvalue weighted by molar-refractivity contribution is 6.33. The number of hydrogen-bond donors (Lipinski definition) is 2. The van der Waals surface area contributed by atoms with Crippen LogP contribution in [0.4, 0.5) is 5.69 Å². The van der Waals surface area contributed by atoms with Crippen molar-refractivity contribution in [2.24, 2.45) is 5.92 Å². The number of nitrogens with zero attached hydrogens (tertiary/aromatic N) is 2. The van der Waals surface area contributed by atoms with Gasteiger partial charge < -0.3 is 10.4 Å². The van der Waals surface area contributed by atoms with Gasteiger partial charge in [-0.2, -0.15) is 0 Å². The second-order valence-corrected chi connectivity index (χ2v) is 4.83. The Labute approximate surface area is 104 Å². The predicted molar refractivity (Wildman–Crippen MR) is 63.9 cm³/mol. The molecule has 4 nitrogen and oxygen atoms in total. The van der Waals surface area contributed by atoms with E-state index in [1.54, 1.807) is 6.07 Å². The van der Waals surface area contributed by atoms with Crippen molar-refractivity contribution in [2.45, 2.75) is 25.4 Å². The summed E-state index contributed by atoms with van der Waals surface area (Å²) in [5.74, 6) is 0.484. The molecule has 2 atom stereocenters. The molecule has 2 N–H and O–H groups in total. The smallest absolute Gasteiger partial charge is 0.174 e. The minimum Gasteiger partial charge on any atom is -0.393 e. The van der Waals surface area contributed by atoms with Crippen LogP contribution in [0.15, 0.2) is 6.07 Å². The van der Waals surface area contributed by atoms with Crippen LogP contribution in [0.5, 0.6) is 0 Å². The minimum absolute atomic E-state index is 0.151. The Morgan fingerprint density at radius 1 is 1.38 bits per heavy atom. The van der Waals surface area contributed by atoms with Crippen LogP contribution in [-0.2, 0) is 0 Å². The number of anilines is 1. The zero-order valence-corrected chi connectivity index (χ0v) is 10.2. The summed E-state index contributed by atoms with van der Waals surface area (Å²) >= 11 is 11.6. The monoisotopic (exact) mass is 261 g/mol. The number of hydrogen-bond acceptors (Lipinski definition) is 4.